The molecule has 0 bridgehead atoms. The van der Waals surface area contributed by atoms with Crippen molar-refractivity contribution in [3.05, 3.63) is 30.3 Å². The second-order valence-electron chi connectivity index (χ2n) is 6.96. The average molecular weight is 421 g/mol. The Morgan fingerprint density at radius 1 is 1.33 bits per heavy atom. The molecule has 1 aromatic rings. The van der Waals surface area contributed by atoms with Crippen LogP contribution < -0.4 is 22.1 Å². The number of nitrogens with two attached hydrogens (primary N) is 2. The highest BCUT2D eigenvalue weighted by atomic mass is 16.4. The molecule has 0 aliphatic carbocycles. The summed E-state index contributed by atoms with van der Waals surface area (Å²) in [5, 5.41) is 13.2. The minimum absolute atomic E-state index is 0.153. The fourth-order valence-corrected chi connectivity index (χ4v) is 2.72. The standard InChI is InChI=1S/C18H28N6O2.C2H4O2/c1-24(16(25)11-13(20)7-5-6-10-19)15-12-21-18(23-17(15)26)22-14-8-3-2-4-9-14;1-2(3)4/h2-4,8-9,13,15H,5-7,10-12,19-20H2,1H3,(H2,21,22,23,26);1H3,(H,3,4)/t13-,15?;/m0./s1. The van der Waals surface area contributed by atoms with Crippen molar-refractivity contribution in [1.82, 2.24) is 10.2 Å². The number of amides is 2. The number of likely N-dealkylation sites (N-methyl/N-ethyl adjacent to an activating group) is 1. The first kappa shape index (κ1) is 25.1. The van der Waals surface area contributed by atoms with Crippen LogP contribution in [-0.4, -0.2) is 66.0 Å². The maximum atomic E-state index is 12.4. The van der Waals surface area contributed by atoms with Crippen molar-refractivity contribution >= 4 is 29.4 Å². The van der Waals surface area contributed by atoms with Crippen molar-refractivity contribution in [3.8, 4) is 0 Å². The van der Waals surface area contributed by atoms with E-state index in [0.717, 1.165) is 31.9 Å². The van der Waals surface area contributed by atoms with Crippen LogP contribution >= 0.6 is 0 Å². The van der Waals surface area contributed by atoms with E-state index in [4.69, 9.17) is 21.4 Å². The number of carboxylic acid groups (broad SMARTS) is 1. The Kier molecular flexibility index (Phi) is 11.1. The second-order valence-corrected chi connectivity index (χ2v) is 6.96. The van der Waals surface area contributed by atoms with Gasteiger partial charge in [0.25, 0.3) is 11.9 Å². The molecule has 0 radical (unpaired) electrons. The molecule has 0 saturated heterocycles. The van der Waals surface area contributed by atoms with Gasteiger partial charge >= 0.3 is 0 Å². The lowest BCUT2D eigenvalue weighted by molar-refractivity contribution is -0.138. The number of nitrogens with one attached hydrogen (secondary N) is 2. The van der Waals surface area contributed by atoms with Crippen LogP contribution in [-0.2, 0) is 14.4 Å². The Labute approximate surface area is 176 Å². The number of guanidine groups is 1. The first-order valence-electron chi connectivity index (χ1n) is 9.82. The maximum absolute atomic E-state index is 12.4. The van der Waals surface area contributed by atoms with Crippen molar-refractivity contribution in [1.29, 1.82) is 0 Å². The molecule has 0 saturated carbocycles. The third-order valence-electron chi connectivity index (χ3n) is 4.33. The Morgan fingerprint density at radius 3 is 2.53 bits per heavy atom. The van der Waals surface area contributed by atoms with Gasteiger partial charge in [0.2, 0.25) is 11.9 Å². The number of rotatable bonds is 8. The van der Waals surface area contributed by atoms with Crippen molar-refractivity contribution in [2.75, 3.05) is 25.5 Å². The average Bonchev–Trinajstić information content (AvgIpc) is 2.68. The summed E-state index contributed by atoms with van der Waals surface area (Å²) in [5.74, 6) is -0.858. The lowest BCUT2D eigenvalue weighted by atomic mass is 10.1. The zero-order valence-corrected chi connectivity index (χ0v) is 17.5. The number of carboxylic acids is 1. The maximum Gasteiger partial charge on any atom is 0.300 e. The van der Waals surface area contributed by atoms with Gasteiger partial charge in [0, 0.05) is 32.1 Å². The quantitative estimate of drug-likeness (QED) is 0.379. The summed E-state index contributed by atoms with van der Waals surface area (Å²) in [6.45, 7) is 1.92. The van der Waals surface area contributed by atoms with Crippen molar-refractivity contribution in [3.63, 3.8) is 0 Å². The number of carbonyl (C=O) groups excluding carboxylic acids is 2. The van der Waals surface area contributed by atoms with Crippen molar-refractivity contribution in [2.45, 2.75) is 44.7 Å². The van der Waals surface area contributed by atoms with Gasteiger partial charge in [-0.05, 0) is 31.5 Å². The number of para-hydroxylation sites is 1. The van der Waals surface area contributed by atoms with E-state index < -0.39 is 12.0 Å². The molecule has 2 atom stereocenters. The summed E-state index contributed by atoms with van der Waals surface area (Å²) >= 11 is 0. The molecule has 1 aliphatic rings. The number of carbonyl (C=O) groups is 3. The molecular formula is C20H32N6O4. The van der Waals surface area contributed by atoms with E-state index in [-0.39, 0.29) is 30.8 Å². The van der Waals surface area contributed by atoms with Crippen LogP contribution in [0.1, 0.15) is 32.6 Å². The van der Waals surface area contributed by atoms with Gasteiger partial charge in [0.15, 0.2) is 0 Å². The minimum atomic E-state index is -0.833. The van der Waals surface area contributed by atoms with Gasteiger partial charge in [0.1, 0.15) is 6.04 Å². The number of nitrogens with zero attached hydrogens (tertiary/aromatic N) is 2. The summed E-state index contributed by atoms with van der Waals surface area (Å²) in [6.07, 6.45) is 2.76. The summed E-state index contributed by atoms with van der Waals surface area (Å²) < 4.78 is 0. The number of unbranched alkanes of at least 4 members (excludes halogenated alkanes) is 1. The molecule has 30 heavy (non-hydrogen) atoms. The van der Waals surface area contributed by atoms with E-state index >= 15 is 0 Å². The molecular weight excluding hydrogens is 388 g/mol. The Bertz CT molecular complexity index is 721. The van der Waals surface area contributed by atoms with Crippen LogP contribution in [0.3, 0.4) is 0 Å². The normalized spacial score (nSPS) is 16.3. The van der Waals surface area contributed by atoms with E-state index in [1.165, 1.54) is 4.90 Å². The molecule has 0 fully saturated rings. The van der Waals surface area contributed by atoms with E-state index in [1.54, 1.807) is 7.05 Å². The van der Waals surface area contributed by atoms with Gasteiger partial charge in [-0.3, -0.25) is 19.7 Å². The number of benzene rings is 1. The summed E-state index contributed by atoms with van der Waals surface area (Å²) in [7, 11) is 1.62. The van der Waals surface area contributed by atoms with E-state index in [0.29, 0.717) is 12.5 Å². The van der Waals surface area contributed by atoms with Crippen LogP contribution in [0.5, 0.6) is 0 Å². The van der Waals surface area contributed by atoms with Gasteiger partial charge < -0.3 is 26.8 Å². The molecule has 7 N–H and O–H groups in total. The van der Waals surface area contributed by atoms with Crippen molar-refractivity contribution in [2.24, 2.45) is 16.5 Å². The molecule has 10 heteroatoms. The predicted molar refractivity (Wildman–Crippen MR) is 116 cm³/mol. The van der Waals surface area contributed by atoms with Crippen LogP contribution in [0.25, 0.3) is 0 Å². The fourth-order valence-electron chi connectivity index (χ4n) is 2.72. The summed E-state index contributed by atoms with van der Waals surface area (Å²) in [5.41, 5.74) is 12.3. The molecule has 1 unspecified atom stereocenters. The third kappa shape index (κ3) is 9.48. The molecule has 10 nitrogen and oxygen atoms in total. The summed E-state index contributed by atoms with van der Waals surface area (Å²) in [6, 6.07) is 8.59. The van der Waals surface area contributed by atoms with Gasteiger partial charge in [-0.1, -0.05) is 24.6 Å². The SMILES string of the molecule is CC(=O)O.CN(C(=O)C[C@@H](N)CCCCN)C1CN=C(Nc2ccccc2)NC1=O. The molecule has 0 spiro atoms. The number of aliphatic imine (C=N–C) groups is 1. The third-order valence-corrected chi connectivity index (χ3v) is 4.33. The second kappa shape index (κ2) is 13.3. The van der Waals surface area contributed by atoms with Crippen LogP contribution in [0, 0.1) is 0 Å². The monoisotopic (exact) mass is 420 g/mol. The van der Waals surface area contributed by atoms with E-state index in [9.17, 15) is 9.59 Å². The lowest BCUT2D eigenvalue weighted by Crippen LogP contribution is -2.55. The molecule has 2 amide bonds. The summed E-state index contributed by atoms with van der Waals surface area (Å²) in [4.78, 5) is 39.5. The van der Waals surface area contributed by atoms with Gasteiger partial charge in [-0.15, -0.1) is 0 Å². The van der Waals surface area contributed by atoms with Crippen LogP contribution in [0.4, 0.5) is 5.69 Å². The Hall–Kier alpha value is -2.98. The van der Waals surface area contributed by atoms with Crippen LogP contribution in [0.2, 0.25) is 0 Å². The Balaban J connectivity index is 0.00000103. The predicted octanol–water partition coefficient (Wildman–Crippen LogP) is 0.349. The highest BCUT2D eigenvalue weighted by molar-refractivity contribution is 6.08. The molecule has 1 heterocycles. The smallest absolute Gasteiger partial charge is 0.300 e. The number of hydrogen-bond acceptors (Lipinski definition) is 7. The van der Waals surface area contributed by atoms with E-state index in [2.05, 4.69) is 15.6 Å². The van der Waals surface area contributed by atoms with E-state index in [1.807, 2.05) is 30.3 Å². The molecule has 2 rings (SSSR count). The zero-order valence-electron chi connectivity index (χ0n) is 17.5. The number of aliphatic carboxylic acids is 1. The highest BCUT2D eigenvalue weighted by Crippen LogP contribution is 2.10. The van der Waals surface area contributed by atoms with Crippen molar-refractivity contribution < 1.29 is 19.5 Å². The lowest BCUT2D eigenvalue weighted by Gasteiger charge is -2.30. The molecule has 0 aromatic heterocycles. The largest absolute Gasteiger partial charge is 0.481 e. The Morgan fingerprint density at radius 2 is 1.97 bits per heavy atom. The molecule has 1 aliphatic heterocycles. The molecule has 166 valence electrons. The van der Waals surface area contributed by atoms with Crippen LogP contribution in [0.15, 0.2) is 35.3 Å². The zero-order chi connectivity index (χ0) is 22.5. The van der Waals surface area contributed by atoms with Gasteiger partial charge in [0.05, 0.1) is 6.54 Å². The van der Waals surface area contributed by atoms with Gasteiger partial charge in [-0.2, -0.15) is 0 Å². The highest BCUT2D eigenvalue weighted by Gasteiger charge is 2.31. The number of anilines is 1. The molecule has 1 aromatic carbocycles. The first-order valence-corrected chi connectivity index (χ1v) is 9.82. The minimum Gasteiger partial charge on any atom is -0.481 e. The van der Waals surface area contributed by atoms with Gasteiger partial charge in [-0.25, -0.2) is 4.99 Å². The topological polar surface area (TPSA) is 163 Å². The number of hydrogen-bond donors (Lipinski definition) is 5. The first-order chi connectivity index (χ1) is 14.2. The fraction of sp³-hybridized carbons (Fsp3) is 0.500.